The number of rotatable bonds is 3. The molecule has 2 aliphatic heterocycles. The van der Waals surface area contributed by atoms with Gasteiger partial charge < -0.3 is 10.2 Å². The van der Waals surface area contributed by atoms with Crippen molar-refractivity contribution in [3.8, 4) is 5.69 Å². The largest absolute Gasteiger partial charge is 0.355 e. The molecule has 1 amide bonds. The number of carbonyl (C=O) groups is 1. The standard InChI is InChI=1S/C20H19N7O3S/c28-20(22-15-7-9-16(10-8-15)27-13-21-24-25-27)14-4-3-11-26(12-14)19-17-5-1-2-6-18(17)31(29,30)23-19/h1-2,5-10,13-14H,3-4,11-12H2,(H,22,28). The maximum Gasteiger partial charge on any atom is 0.285 e. The quantitative estimate of drug-likeness (QED) is 0.658. The third-order valence-electron chi connectivity index (χ3n) is 5.45. The van der Waals surface area contributed by atoms with Crippen LogP contribution in [-0.4, -0.2) is 58.4 Å². The van der Waals surface area contributed by atoms with Crippen molar-refractivity contribution < 1.29 is 13.2 Å². The van der Waals surface area contributed by atoms with Crippen molar-refractivity contribution in [3.05, 3.63) is 60.4 Å². The molecule has 31 heavy (non-hydrogen) atoms. The first-order valence-corrected chi connectivity index (χ1v) is 11.3. The minimum absolute atomic E-state index is 0.102. The Hall–Kier alpha value is -3.60. The first-order chi connectivity index (χ1) is 15.0. The normalized spacial score (nSPS) is 19.5. The summed E-state index contributed by atoms with van der Waals surface area (Å²) in [7, 11) is -3.68. The summed E-state index contributed by atoms with van der Waals surface area (Å²) in [6.07, 6.45) is 3.00. The van der Waals surface area contributed by atoms with E-state index in [1.807, 2.05) is 17.0 Å². The Balaban J connectivity index is 1.29. The number of carbonyl (C=O) groups excluding carboxylic acids is 1. The average molecular weight is 437 g/mol. The number of tetrazole rings is 1. The van der Waals surface area contributed by atoms with Crippen LogP contribution in [0.15, 0.2) is 64.2 Å². The Kier molecular flexibility index (Phi) is 4.74. The van der Waals surface area contributed by atoms with E-state index in [2.05, 4.69) is 25.2 Å². The van der Waals surface area contributed by atoms with Crippen molar-refractivity contribution in [2.24, 2.45) is 10.3 Å². The number of likely N-dealkylation sites (tertiary alicyclic amines) is 1. The molecule has 1 atom stereocenters. The molecule has 1 aromatic heterocycles. The number of amides is 1. The van der Waals surface area contributed by atoms with Crippen LogP contribution in [0.3, 0.4) is 0 Å². The molecule has 1 fully saturated rings. The Morgan fingerprint density at radius 2 is 1.90 bits per heavy atom. The lowest BCUT2D eigenvalue weighted by Crippen LogP contribution is -2.43. The van der Waals surface area contributed by atoms with Crippen molar-refractivity contribution in [2.75, 3.05) is 18.4 Å². The number of aromatic nitrogens is 4. The summed E-state index contributed by atoms with van der Waals surface area (Å²) in [6.45, 7) is 1.07. The summed E-state index contributed by atoms with van der Waals surface area (Å²) < 4.78 is 30.3. The lowest BCUT2D eigenvalue weighted by atomic mass is 9.96. The number of nitrogens with zero attached hydrogens (tertiary/aromatic N) is 6. The molecule has 0 aliphatic carbocycles. The molecule has 0 radical (unpaired) electrons. The molecule has 158 valence electrons. The number of piperidine rings is 1. The maximum absolute atomic E-state index is 12.9. The van der Waals surface area contributed by atoms with Gasteiger partial charge >= 0.3 is 0 Å². The van der Waals surface area contributed by atoms with Crippen LogP contribution in [-0.2, 0) is 14.8 Å². The number of hydrogen-bond acceptors (Lipinski definition) is 7. The number of sulfonamides is 1. The summed E-state index contributed by atoms with van der Waals surface area (Å²) in [4.78, 5) is 15.0. The van der Waals surface area contributed by atoms with E-state index in [0.717, 1.165) is 18.5 Å². The lowest BCUT2D eigenvalue weighted by molar-refractivity contribution is -0.121. The minimum Gasteiger partial charge on any atom is -0.355 e. The molecule has 3 aromatic rings. The maximum atomic E-state index is 12.9. The van der Waals surface area contributed by atoms with E-state index in [0.29, 0.717) is 30.2 Å². The van der Waals surface area contributed by atoms with E-state index in [4.69, 9.17) is 0 Å². The molecule has 0 saturated carbocycles. The van der Waals surface area contributed by atoms with Gasteiger partial charge in [0, 0.05) is 24.3 Å². The topological polar surface area (TPSA) is 122 Å². The van der Waals surface area contributed by atoms with Gasteiger partial charge in [0.05, 0.1) is 11.6 Å². The zero-order chi connectivity index (χ0) is 21.4. The van der Waals surface area contributed by atoms with E-state index in [1.54, 1.807) is 36.4 Å². The second kappa shape index (κ2) is 7.58. The Labute approximate surface area is 178 Å². The van der Waals surface area contributed by atoms with Gasteiger partial charge in [0.2, 0.25) is 5.91 Å². The first-order valence-electron chi connectivity index (χ1n) is 9.85. The molecular weight excluding hydrogens is 418 g/mol. The van der Waals surface area contributed by atoms with E-state index in [9.17, 15) is 13.2 Å². The van der Waals surface area contributed by atoms with Crippen molar-refractivity contribution in [2.45, 2.75) is 17.7 Å². The molecule has 1 unspecified atom stereocenters. The van der Waals surface area contributed by atoms with Crippen LogP contribution in [0, 0.1) is 5.92 Å². The number of amidine groups is 1. The zero-order valence-corrected chi connectivity index (χ0v) is 17.2. The van der Waals surface area contributed by atoms with Gasteiger partial charge in [0.15, 0.2) is 5.84 Å². The lowest BCUT2D eigenvalue weighted by Gasteiger charge is -2.33. The van der Waals surface area contributed by atoms with Gasteiger partial charge in [-0.2, -0.15) is 8.42 Å². The van der Waals surface area contributed by atoms with Gasteiger partial charge in [0.1, 0.15) is 11.2 Å². The molecule has 0 spiro atoms. The van der Waals surface area contributed by atoms with E-state index in [1.165, 1.54) is 11.0 Å². The second-order valence-corrected chi connectivity index (χ2v) is 9.03. The Bertz CT molecular complexity index is 1250. The SMILES string of the molecule is O=C(Nc1ccc(-n2cnnn2)cc1)C1CCCN(C2=NS(=O)(=O)c3ccccc32)C1. The van der Waals surface area contributed by atoms with Crippen LogP contribution < -0.4 is 5.32 Å². The number of hydrogen-bond donors (Lipinski definition) is 1. The summed E-state index contributed by atoms with van der Waals surface area (Å²) in [5, 5.41) is 14.0. The van der Waals surface area contributed by atoms with Crippen LogP contribution in [0.4, 0.5) is 5.69 Å². The zero-order valence-electron chi connectivity index (χ0n) is 16.4. The summed E-state index contributed by atoms with van der Waals surface area (Å²) in [5.74, 6) is 0.0552. The highest BCUT2D eigenvalue weighted by molar-refractivity contribution is 7.90. The number of nitrogens with one attached hydrogen (secondary N) is 1. The fourth-order valence-electron chi connectivity index (χ4n) is 3.92. The van der Waals surface area contributed by atoms with E-state index < -0.39 is 10.0 Å². The van der Waals surface area contributed by atoms with Gasteiger partial charge in [-0.15, -0.1) is 9.50 Å². The molecule has 10 nitrogen and oxygen atoms in total. The van der Waals surface area contributed by atoms with E-state index in [-0.39, 0.29) is 16.7 Å². The van der Waals surface area contributed by atoms with Crippen LogP contribution in [0.5, 0.6) is 0 Å². The second-order valence-electron chi connectivity index (χ2n) is 7.46. The Morgan fingerprint density at radius 1 is 1.10 bits per heavy atom. The van der Waals surface area contributed by atoms with Crippen LogP contribution in [0.1, 0.15) is 18.4 Å². The fraction of sp³-hybridized carbons (Fsp3) is 0.250. The molecule has 1 saturated heterocycles. The van der Waals surface area contributed by atoms with Crippen LogP contribution in [0.2, 0.25) is 0 Å². The number of anilines is 1. The van der Waals surface area contributed by atoms with Crippen molar-refractivity contribution in [1.82, 2.24) is 25.1 Å². The smallest absolute Gasteiger partial charge is 0.285 e. The third kappa shape index (κ3) is 3.67. The fourth-order valence-corrected chi connectivity index (χ4v) is 5.15. The van der Waals surface area contributed by atoms with Gasteiger partial charge in [-0.05, 0) is 59.7 Å². The monoisotopic (exact) mass is 437 g/mol. The average Bonchev–Trinajstić information content (AvgIpc) is 3.41. The van der Waals surface area contributed by atoms with Crippen molar-refractivity contribution in [3.63, 3.8) is 0 Å². The summed E-state index contributed by atoms with van der Waals surface area (Å²) >= 11 is 0. The predicted molar refractivity (Wildman–Crippen MR) is 112 cm³/mol. The third-order valence-corrected chi connectivity index (χ3v) is 6.78. The molecule has 1 N–H and O–H groups in total. The molecule has 3 heterocycles. The molecule has 2 aliphatic rings. The number of benzene rings is 2. The van der Waals surface area contributed by atoms with Gasteiger partial charge in [-0.25, -0.2) is 4.68 Å². The minimum atomic E-state index is -3.68. The highest BCUT2D eigenvalue weighted by Crippen LogP contribution is 2.30. The van der Waals surface area contributed by atoms with Crippen molar-refractivity contribution >= 4 is 27.5 Å². The van der Waals surface area contributed by atoms with Crippen LogP contribution in [0.25, 0.3) is 5.69 Å². The molecule has 5 rings (SSSR count). The highest BCUT2D eigenvalue weighted by atomic mass is 32.2. The summed E-state index contributed by atoms with van der Waals surface area (Å²) in [5.41, 5.74) is 2.05. The molecular formula is C20H19N7O3S. The Morgan fingerprint density at radius 3 is 2.68 bits per heavy atom. The van der Waals surface area contributed by atoms with Gasteiger partial charge in [0.25, 0.3) is 10.0 Å². The van der Waals surface area contributed by atoms with Crippen LogP contribution >= 0.6 is 0 Å². The van der Waals surface area contributed by atoms with Crippen molar-refractivity contribution in [1.29, 1.82) is 0 Å². The first kappa shape index (κ1) is 19.4. The van der Waals surface area contributed by atoms with E-state index >= 15 is 0 Å². The molecule has 2 aromatic carbocycles. The van der Waals surface area contributed by atoms with Gasteiger partial charge in [-0.3, -0.25) is 4.79 Å². The highest BCUT2D eigenvalue weighted by Gasteiger charge is 2.35. The number of fused-ring (bicyclic) bond motifs is 1. The molecule has 0 bridgehead atoms. The summed E-state index contributed by atoms with van der Waals surface area (Å²) in [6, 6.07) is 14.0. The predicted octanol–water partition coefficient (Wildman–Crippen LogP) is 1.46. The van der Waals surface area contributed by atoms with Gasteiger partial charge in [-0.1, -0.05) is 12.1 Å². The molecule has 11 heteroatoms.